The fourth-order valence-corrected chi connectivity index (χ4v) is 3.21. The van der Waals surface area contributed by atoms with Gasteiger partial charge in [0.25, 0.3) is 11.1 Å². The Kier molecular flexibility index (Phi) is 5.19. The average molecular weight is 354 g/mol. The molecule has 0 radical (unpaired) electrons. The second-order valence-corrected chi connectivity index (χ2v) is 6.69. The molecular weight excluding hydrogens is 336 g/mol. The number of rotatable bonds is 5. The first-order chi connectivity index (χ1) is 12.0. The van der Waals surface area contributed by atoms with Crippen LogP contribution in [0, 0.1) is 13.8 Å². The Balaban J connectivity index is 1.62. The van der Waals surface area contributed by atoms with Crippen molar-refractivity contribution in [3.05, 3.63) is 64.3 Å². The number of hydrogen-bond donors (Lipinski definition) is 0. The van der Waals surface area contributed by atoms with E-state index >= 15 is 0 Å². The monoisotopic (exact) mass is 354 g/mol. The number of pyridine rings is 1. The van der Waals surface area contributed by atoms with E-state index in [0.29, 0.717) is 10.6 Å². The molecule has 2 aromatic rings. The van der Waals surface area contributed by atoms with Crippen LogP contribution in [-0.2, 0) is 4.79 Å². The van der Waals surface area contributed by atoms with Gasteiger partial charge in [-0.2, -0.15) is 0 Å². The Morgan fingerprint density at radius 1 is 1.12 bits per heavy atom. The smallest absolute Gasteiger partial charge is 0.293 e. The summed E-state index contributed by atoms with van der Waals surface area (Å²) in [7, 11) is 0. The Labute approximate surface area is 150 Å². The van der Waals surface area contributed by atoms with Crippen LogP contribution in [0.25, 0.3) is 6.08 Å². The lowest BCUT2D eigenvalue weighted by Gasteiger charge is -2.13. The standard InChI is InChI=1S/C19H18N2O3S/c1-13-6-8-16(9-7-13)24-11-10-21-18(22)17(25-19(21)23)12-15-5-3-4-14(2)20-15/h3-9,12H,10-11H2,1-2H3/b17-12-. The predicted octanol–water partition coefficient (Wildman–Crippen LogP) is 3.81. The third-order valence-electron chi connectivity index (χ3n) is 3.67. The van der Waals surface area contributed by atoms with Crippen molar-refractivity contribution < 1.29 is 14.3 Å². The maximum Gasteiger partial charge on any atom is 0.293 e. The van der Waals surface area contributed by atoms with Crippen LogP contribution in [0.3, 0.4) is 0 Å². The third-order valence-corrected chi connectivity index (χ3v) is 4.57. The molecule has 1 aliphatic heterocycles. The first-order valence-corrected chi connectivity index (χ1v) is 8.73. The molecule has 0 spiro atoms. The van der Waals surface area contributed by atoms with E-state index in [1.54, 1.807) is 6.08 Å². The van der Waals surface area contributed by atoms with Gasteiger partial charge in [-0.1, -0.05) is 23.8 Å². The quantitative estimate of drug-likeness (QED) is 0.764. The summed E-state index contributed by atoms with van der Waals surface area (Å²) in [5, 5.41) is -0.281. The predicted molar refractivity (Wildman–Crippen MR) is 98.3 cm³/mol. The highest BCUT2D eigenvalue weighted by atomic mass is 32.2. The molecule has 1 aromatic heterocycles. The summed E-state index contributed by atoms with van der Waals surface area (Å²) in [5.74, 6) is 0.419. The number of nitrogens with zero attached hydrogens (tertiary/aromatic N) is 2. The summed E-state index contributed by atoms with van der Waals surface area (Å²) in [5.41, 5.74) is 2.68. The zero-order chi connectivity index (χ0) is 17.8. The van der Waals surface area contributed by atoms with Crippen LogP contribution >= 0.6 is 11.8 Å². The normalized spacial score (nSPS) is 15.9. The molecule has 0 N–H and O–H groups in total. The molecule has 5 nitrogen and oxygen atoms in total. The maximum atomic E-state index is 12.4. The Morgan fingerprint density at radius 2 is 1.88 bits per heavy atom. The molecular formula is C19H18N2O3S. The number of aromatic nitrogens is 1. The highest BCUT2D eigenvalue weighted by Gasteiger charge is 2.34. The Bertz CT molecular complexity index is 831. The van der Waals surface area contributed by atoms with E-state index in [1.807, 2.05) is 56.3 Å². The lowest BCUT2D eigenvalue weighted by molar-refractivity contribution is -0.123. The van der Waals surface area contributed by atoms with Gasteiger partial charge in [0, 0.05) is 5.69 Å². The highest BCUT2D eigenvalue weighted by Crippen LogP contribution is 2.31. The van der Waals surface area contributed by atoms with Gasteiger partial charge in [0.1, 0.15) is 12.4 Å². The van der Waals surface area contributed by atoms with Gasteiger partial charge < -0.3 is 4.74 Å². The van der Waals surface area contributed by atoms with E-state index in [4.69, 9.17) is 4.74 Å². The molecule has 1 saturated heterocycles. The van der Waals surface area contributed by atoms with E-state index in [0.717, 1.165) is 28.8 Å². The largest absolute Gasteiger partial charge is 0.492 e. The topological polar surface area (TPSA) is 59.5 Å². The first-order valence-electron chi connectivity index (χ1n) is 7.91. The number of ether oxygens (including phenoxy) is 1. The van der Waals surface area contributed by atoms with Crippen molar-refractivity contribution in [2.75, 3.05) is 13.2 Å². The molecule has 3 rings (SSSR count). The van der Waals surface area contributed by atoms with Crippen molar-refractivity contribution in [1.82, 2.24) is 9.88 Å². The average Bonchev–Trinajstić information content (AvgIpc) is 2.84. The van der Waals surface area contributed by atoms with E-state index in [-0.39, 0.29) is 24.3 Å². The van der Waals surface area contributed by atoms with Gasteiger partial charge in [-0.15, -0.1) is 0 Å². The van der Waals surface area contributed by atoms with Crippen LogP contribution in [0.2, 0.25) is 0 Å². The zero-order valence-electron chi connectivity index (χ0n) is 14.1. The summed E-state index contributed by atoms with van der Waals surface area (Å²) in [4.78, 5) is 30.4. The second kappa shape index (κ2) is 7.53. The van der Waals surface area contributed by atoms with Crippen LogP contribution in [0.1, 0.15) is 17.0 Å². The molecule has 25 heavy (non-hydrogen) atoms. The number of aryl methyl sites for hydroxylation is 2. The molecule has 1 aromatic carbocycles. The van der Waals surface area contributed by atoms with Crippen molar-refractivity contribution in [3.8, 4) is 5.75 Å². The maximum absolute atomic E-state index is 12.4. The minimum atomic E-state index is -0.300. The SMILES string of the molecule is Cc1ccc(OCCN2C(=O)S/C(=C\c3cccc(C)n3)C2=O)cc1. The van der Waals surface area contributed by atoms with Crippen LogP contribution < -0.4 is 4.74 Å². The summed E-state index contributed by atoms with van der Waals surface area (Å²) in [6.07, 6.45) is 1.65. The van der Waals surface area contributed by atoms with Crippen LogP contribution in [-0.4, -0.2) is 34.2 Å². The summed E-state index contributed by atoms with van der Waals surface area (Å²) >= 11 is 0.934. The molecule has 0 aliphatic carbocycles. The van der Waals surface area contributed by atoms with Gasteiger partial charge in [0.2, 0.25) is 0 Å². The number of imide groups is 1. The minimum Gasteiger partial charge on any atom is -0.492 e. The van der Waals surface area contributed by atoms with Crippen molar-refractivity contribution in [2.24, 2.45) is 0 Å². The van der Waals surface area contributed by atoms with Gasteiger partial charge in [-0.05, 0) is 56.0 Å². The molecule has 1 aliphatic rings. The zero-order valence-corrected chi connectivity index (χ0v) is 14.9. The molecule has 2 heterocycles. The van der Waals surface area contributed by atoms with E-state index < -0.39 is 0 Å². The highest BCUT2D eigenvalue weighted by molar-refractivity contribution is 8.18. The molecule has 6 heteroatoms. The van der Waals surface area contributed by atoms with Gasteiger partial charge in [-0.25, -0.2) is 0 Å². The van der Waals surface area contributed by atoms with Gasteiger partial charge in [0.15, 0.2) is 0 Å². The molecule has 0 saturated carbocycles. The van der Waals surface area contributed by atoms with Crippen molar-refractivity contribution >= 4 is 29.0 Å². The van der Waals surface area contributed by atoms with Crippen molar-refractivity contribution in [2.45, 2.75) is 13.8 Å². The van der Waals surface area contributed by atoms with Crippen LogP contribution in [0.15, 0.2) is 47.4 Å². The van der Waals surface area contributed by atoms with E-state index in [9.17, 15) is 9.59 Å². The van der Waals surface area contributed by atoms with Crippen molar-refractivity contribution in [1.29, 1.82) is 0 Å². The third kappa shape index (κ3) is 4.28. The Morgan fingerprint density at radius 3 is 2.60 bits per heavy atom. The molecule has 0 atom stereocenters. The number of benzene rings is 1. The molecule has 2 amide bonds. The number of carbonyl (C=O) groups is 2. The van der Waals surface area contributed by atoms with Gasteiger partial charge in [-0.3, -0.25) is 19.5 Å². The second-order valence-electron chi connectivity index (χ2n) is 5.70. The molecule has 128 valence electrons. The number of hydrogen-bond acceptors (Lipinski definition) is 5. The fraction of sp³-hybridized carbons (Fsp3) is 0.211. The minimum absolute atomic E-state index is 0.219. The lowest BCUT2D eigenvalue weighted by atomic mass is 10.2. The summed E-state index contributed by atoms with van der Waals surface area (Å²) < 4.78 is 5.60. The Hall–Kier alpha value is -2.60. The number of thioether (sulfide) groups is 1. The van der Waals surface area contributed by atoms with Gasteiger partial charge >= 0.3 is 0 Å². The molecule has 0 bridgehead atoms. The molecule has 0 unspecified atom stereocenters. The number of amides is 2. The van der Waals surface area contributed by atoms with Crippen LogP contribution in [0.4, 0.5) is 4.79 Å². The number of carbonyl (C=O) groups excluding carboxylic acids is 2. The van der Waals surface area contributed by atoms with Crippen molar-refractivity contribution in [3.63, 3.8) is 0 Å². The summed E-state index contributed by atoms with van der Waals surface area (Å²) in [6, 6.07) is 13.2. The first kappa shape index (κ1) is 17.2. The lowest BCUT2D eigenvalue weighted by Crippen LogP contribution is -2.32. The molecule has 1 fully saturated rings. The van der Waals surface area contributed by atoms with E-state index in [1.165, 1.54) is 4.90 Å². The fourth-order valence-electron chi connectivity index (χ4n) is 2.36. The van der Waals surface area contributed by atoms with Gasteiger partial charge in [0.05, 0.1) is 17.1 Å². The van der Waals surface area contributed by atoms with Crippen LogP contribution in [0.5, 0.6) is 5.75 Å². The van der Waals surface area contributed by atoms with E-state index in [2.05, 4.69) is 4.98 Å². The summed E-state index contributed by atoms with van der Waals surface area (Å²) in [6.45, 7) is 4.36.